The standard InChI is InChI=1S/C15H23BrFN/c1-4-6-11(3)9-15(18-5-2)13-8-7-12(16)10-14(13)17/h7-8,10-11,15,18H,4-6,9H2,1-3H3. The maximum Gasteiger partial charge on any atom is 0.129 e. The quantitative estimate of drug-likeness (QED) is 0.741. The molecule has 102 valence electrons. The van der Waals surface area contributed by atoms with Crippen molar-refractivity contribution >= 4 is 15.9 Å². The second-order valence-corrected chi connectivity index (χ2v) is 5.82. The van der Waals surface area contributed by atoms with E-state index in [1.165, 1.54) is 12.8 Å². The van der Waals surface area contributed by atoms with Crippen LogP contribution >= 0.6 is 15.9 Å². The lowest BCUT2D eigenvalue weighted by atomic mass is 9.92. The minimum absolute atomic E-state index is 0.115. The maximum absolute atomic E-state index is 14.0. The van der Waals surface area contributed by atoms with Crippen molar-refractivity contribution in [3.8, 4) is 0 Å². The minimum Gasteiger partial charge on any atom is -0.310 e. The summed E-state index contributed by atoms with van der Waals surface area (Å²) in [5.74, 6) is 0.487. The highest BCUT2D eigenvalue weighted by atomic mass is 79.9. The summed E-state index contributed by atoms with van der Waals surface area (Å²) in [7, 11) is 0. The topological polar surface area (TPSA) is 12.0 Å². The fourth-order valence-corrected chi connectivity index (χ4v) is 2.70. The van der Waals surface area contributed by atoms with E-state index in [1.807, 2.05) is 12.1 Å². The summed E-state index contributed by atoms with van der Waals surface area (Å²) >= 11 is 3.30. The molecule has 1 N–H and O–H groups in total. The van der Waals surface area contributed by atoms with E-state index in [9.17, 15) is 4.39 Å². The van der Waals surface area contributed by atoms with Gasteiger partial charge in [0.1, 0.15) is 5.82 Å². The third-order valence-electron chi connectivity index (χ3n) is 3.21. The summed E-state index contributed by atoms with van der Waals surface area (Å²) in [6, 6.07) is 5.45. The molecule has 0 spiro atoms. The van der Waals surface area contributed by atoms with Gasteiger partial charge >= 0.3 is 0 Å². The van der Waals surface area contributed by atoms with Gasteiger partial charge in [-0.2, -0.15) is 0 Å². The Morgan fingerprint density at radius 3 is 2.61 bits per heavy atom. The molecule has 1 rings (SSSR count). The smallest absolute Gasteiger partial charge is 0.129 e. The highest BCUT2D eigenvalue weighted by molar-refractivity contribution is 9.10. The SMILES string of the molecule is CCCC(C)CC(NCC)c1ccc(Br)cc1F. The van der Waals surface area contributed by atoms with Gasteiger partial charge in [-0.15, -0.1) is 0 Å². The molecular formula is C15H23BrFN. The summed E-state index contributed by atoms with van der Waals surface area (Å²) in [4.78, 5) is 0. The van der Waals surface area contributed by atoms with E-state index in [-0.39, 0.29) is 11.9 Å². The van der Waals surface area contributed by atoms with Crippen molar-refractivity contribution in [3.05, 3.63) is 34.1 Å². The Morgan fingerprint density at radius 1 is 1.33 bits per heavy atom. The molecule has 18 heavy (non-hydrogen) atoms. The Kier molecular flexibility index (Phi) is 6.87. The molecule has 0 bridgehead atoms. The molecule has 0 radical (unpaired) electrons. The van der Waals surface area contributed by atoms with E-state index in [0.717, 1.165) is 23.0 Å². The number of hydrogen-bond acceptors (Lipinski definition) is 1. The van der Waals surface area contributed by atoms with Crippen molar-refractivity contribution in [2.45, 2.75) is 46.1 Å². The number of nitrogens with one attached hydrogen (secondary N) is 1. The van der Waals surface area contributed by atoms with Gasteiger partial charge in [-0.25, -0.2) is 4.39 Å². The average molecular weight is 316 g/mol. The van der Waals surface area contributed by atoms with Crippen LogP contribution in [0.15, 0.2) is 22.7 Å². The Hall–Kier alpha value is -0.410. The minimum atomic E-state index is -0.126. The first-order valence-corrected chi connectivity index (χ1v) is 7.56. The Balaban J connectivity index is 2.82. The Morgan fingerprint density at radius 2 is 2.06 bits per heavy atom. The molecule has 0 saturated heterocycles. The van der Waals surface area contributed by atoms with Crippen LogP contribution in [0.3, 0.4) is 0 Å². The molecule has 0 aliphatic rings. The zero-order chi connectivity index (χ0) is 13.5. The second-order valence-electron chi connectivity index (χ2n) is 4.91. The number of rotatable bonds is 7. The highest BCUT2D eigenvalue weighted by Gasteiger charge is 2.17. The first-order valence-electron chi connectivity index (χ1n) is 6.76. The number of halogens is 2. The van der Waals surface area contributed by atoms with Gasteiger partial charge in [0.25, 0.3) is 0 Å². The van der Waals surface area contributed by atoms with Gasteiger partial charge in [-0.1, -0.05) is 55.6 Å². The molecule has 0 heterocycles. The van der Waals surface area contributed by atoms with Crippen LogP contribution in [0, 0.1) is 11.7 Å². The van der Waals surface area contributed by atoms with Gasteiger partial charge in [-0.3, -0.25) is 0 Å². The third kappa shape index (κ3) is 4.69. The predicted octanol–water partition coefficient (Wildman–Crippen LogP) is 5.07. The monoisotopic (exact) mass is 315 g/mol. The van der Waals surface area contributed by atoms with Crippen LogP contribution in [-0.2, 0) is 0 Å². The fourth-order valence-electron chi connectivity index (χ4n) is 2.36. The van der Waals surface area contributed by atoms with Crippen LogP contribution in [0.1, 0.15) is 51.6 Å². The van der Waals surface area contributed by atoms with Crippen molar-refractivity contribution < 1.29 is 4.39 Å². The average Bonchev–Trinajstić information content (AvgIpc) is 2.29. The maximum atomic E-state index is 14.0. The highest BCUT2D eigenvalue weighted by Crippen LogP contribution is 2.27. The summed E-state index contributed by atoms with van der Waals surface area (Å²) < 4.78 is 14.8. The van der Waals surface area contributed by atoms with Gasteiger partial charge in [-0.05, 0) is 31.0 Å². The molecule has 1 aromatic carbocycles. The van der Waals surface area contributed by atoms with Crippen LogP contribution in [-0.4, -0.2) is 6.54 Å². The van der Waals surface area contributed by atoms with E-state index >= 15 is 0 Å². The zero-order valence-electron chi connectivity index (χ0n) is 11.5. The summed E-state index contributed by atoms with van der Waals surface area (Å²) in [6.07, 6.45) is 3.36. The van der Waals surface area contributed by atoms with Gasteiger partial charge in [0.05, 0.1) is 0 Å². The second kappa shape index (κ2) is 7.90. The molecule has 0 aromatic heterocycles. The lowest BCUT2D eigenvalue weighted by Gasteiger charge is -2.22. The summed E-state index contributed by atoms with van der Waals surface area (Å²) in [5, 5.41) is 3.39. The van der Waals surface area contributed by atoms with Gasteiger partial charge in [0, 0.05) is 16.1 Å². The molecule has 2 atom stereocenters. The summed E-state index contributed by atoms with van der Waals surface area (Å²) in [5.41, 5.74) is 0.781. The summed E-state index contributed by atoms with van der Waals surface area (Å²) in [6.45, 7) is 7.36. The molecule has 1 aromatic rings. The Labute approximate surface area is 118 Å². The number of benzene rings is 1. The molecule has 0 saturated carbocycles. The van der Waals surface area contributed by atoms with E-state index in [0.29, 0.717) is 5.92 Å². The third-order valence-corrected chi connectivity index (χ3v) is 3.70. The molecule has 0 fully saturated rings. The van der Waals surface area contributed by atoms with Crippen molar-refractivity contribution in [2.75, 3.05) is 6.54 Å². The van der Waals surface area contributed by atoms with Crippen molar-refractivity contribution in [2.24, 2.45) is 5.92 Å². The molecule has 0 aliphatic heterocycles. The lowest BCUT2D eigenvalue weighted by molar-refractivity contribution is 0.386. The molecule has 3 heteroatoms. The van der Waals surface area contributed by atoms with Gasteiger partial charge < -0.3 is 5.32 Å². The zero-order valence-corrected chi connectivity index (χ0v) is 13.1. The molecule has 0 aliphatic carbocycles. The molecule has 2 unspecified atom stereocenters. The van der Waals surface area contributed by atoms with Crippen LogP contribution < -0.4 is 5.32 Å². The van der Waals surface area contributed by atoms with Crippen molar-refractivity contribution in [3.63, 3.8) is 0 Å². The van der Waals surface area contributed by atoms with Crippen LogP contribution in [0.25, 0.3) is 0 Å². The van der Waals surface area contributed by atoms with Crippen molar-refractivity contribution in [1.29, 1.82) is 0 Å². The van der Waals surface area contributed by atoms with E-state index in [2.05, 4.69) is 42.0 Å². The van der Waals surface area contributed by atoms with Crippen LogP contribution in [0.2, 0.25) is 0 Å². The molecular weight excluding hydrogens is 293 g/mol. The first kappa shape index (κ1) is 15.6. The molecule has 1 nitrogen and oxygen atoms in total. The van der Waals surface area contributed by atoms with E-state index in [1.54, 1.807) is 6.07 Å². The number of hydrogen-bond donors (Lipinski definition) is 1. The van der Waals surface area contributed by atoms with Crippen molar-refractivity contribution in [1.82, 2.24) is 5.32 Å². The van der Waals surface area contributed by atoms with E-state index < -0.39 is 0 Å². The lowest BCUT2D eigenvalue weighted by Crippen LogP contribution is -2.24. The van der Waals surface area contributed by atoms with Gasteiger partial charge in [0.15, 0.2) is 0 Å². The van der Waals surface area contributed by atoms with Crippen LogP contribution in [0.5, 0.6) is 0 Å². The normalized spacial score (nSPS) is 14.5. The fraction of sp³-hybridized carbons (Fsp3) is 0.600. The van der Waals surface area contributed by atoms with Gasteiger partial charge in [0.2, 0.25) is 0 Å². The molecule has 0 amide bonds. The Bertz CT molecular complexity index is 368. The predicted molar refractivity (Wildman–Crippen MR) is 79.2 cm³/mol. The largest absolute Gasteiger partial charge is 0.310 e. The van der Waals surface area contributed by atoms with E-state index in [4.69, 9.17) is 0 Å². The first-order chi connectivity index (χ1) is 8.58. The van der Waals surface area contributed by atoms with Crippen LogP contribution in [0.4, 0.5) is 4.39 Å².